The van der Waals surface area contributed by atoms with E-state index in [9.17, 15) is 23.2 Å². The third-order valence-corrected chi connectivity index (χ3v) is 6.64. The second kappa shape index (κ2) is 14.7. The van der Waals surface area contributed by atoms with Crippen molar-refractivity contribution in [3.63, 3.8) is 0 Å². The molecule has 0 radical (unpaired) electrons. The fourth-order valence-corrected chi connectivity index (χ4v) is 4.62. The van der Waals surface area contributed by atoms with Gasteiger partial charge >= 0.3 is 12.0 Å². The van der Waals surface area contributed by atoms with Gasteiger partial charge < -0.3 is 15.6 Å². The molecule has 9 nitrogen and oxygen atoms in total. The number of hydrazine groups is 1. The maximum atomic E-state index is 15.0. The normalized spacial score (nSPS) is 17.6. The lowest BCUT2D eigenvalue weighted by Gasteiger charge is -2.37. The number of likely N-dealkylation sites (tertiary alicyclic amines) is 1. The van der Waals surface area contributed by atoms with Crippen molar-refractivity contribution in [2.45, 2.75) is 82.8 Å². The minimum atomic E-state index is -3.68. The average molecular weight is 523 g/mol. The number of ketones is 1. The summed E-state index contributed by atoms with van der Waals surface area (Å²) in [6, 6.07) is 5.80. The number of hydrogen-bond donors (Lipinski definition) is 3. The van der Waals surface area contributed by atoms with Crippen LogP contribution in [0.15, 0.2) is 35.3 Å². The van der Waals surface area contributed by atoms with Crippen molar-refractivity contribution in [1.29, 1.82) is 0 Å². The molecule has 1 aromatic rings. The van der Waals surface area contributed by atoms with Crippen molar-refractivity contribution in [2.24, 2.45) is 10.8 Å². The lowest BCUT2D eigenvalue weighted by Crippen LogP contribution is -2.61. The first-order valence-electron chi connectivity index (χ1n) is 12.9. The standard InChI is InChI=1S/C26H40F2N6O3/c1-4-14-26(27,28)23(35)22(13-8-15-31-18-32-29)34(25(37)33-16-9-10-19(33)2)24(36)21(30-3)17-20-11-6-5-7-12-20/h5-7,11-12,18-19,21-22,30H,4,8-10,13-17,29H2,1-3H3,(H,31,32)/t19-,21-,22?/m1/s1. The lowest BCUT2D eigenvalue weighted by molar-refractivity contribution is -0.153. The van der Waals surface area contributed by atoms with Crippen LogP contribution in [0.25, 0.3) is 0 Å². The van der Waals surface area contributed by atoms with Crippen LogP contribution in [0.2, 0.25) is 0 Å². The number of carbonyl (C=O) groups is 3. The average Bonchev–Trinajstić information content (AvgIpc) is 3.31. The number of halogens is 2. The molecule has 1 fully saturated rings. The maximum Gasteiger partial charge on any atom is 0.327 e. The first kappa shape index (κ1) is 30.3. The molecule has 1 unspecified atom stereocenters. The van der Waals surface area contributed by atoms with Gasteiger partial charge in [0.05, 0.1) is 12.4 Å². The molecule has 1 heterocycles. The summed E-state index contributed by atoms with van der Waals surface area (Å²) in [4.78, 5) is 47.3. The summed E-state index contributed by atoms with van der Waals surface area (Å²) in [5.41, 5.74) is 3.09. The Labute approximate surface area is 217 Å². The van der Waals surface area contributed by atoms with Gasteiger partial charge in [0, 0.05) is 25.6 Å². The number of nitrogens with zero attached hydrogens (tertiary/aromatic N) is 3. The monoisotopic (exact) mass is 522 g/mol. The summed E-state index contributed by atoms with van der Waals surface area (Å²) in [5.74, 6) is -0.625. The van der Waals surface area contributed by atoms with E-state index in [1.807, 2.05) is 37.3 Å². The number of alkyl halides is 2. The van der Waals surface area contributed by atoms with Gasteiger partial charge in [0.15, 0.2) is 0 Å². The molecule has 1 saturated heterocycles. The predicted molar refractivity (Wildman–Crippen MR) is 139 cm³/mol. The molecule has 37 heavy (non-hydrogen) atoms. The largest absolute Gasteiger partial charge is 0.327 e. The fourth-order valence-electron chi connectivity index (χ4n) is 4.62. The third kappa shape index (κ3) is 8.29. The minimum absolute atomic E-state index is 0.0795. The van der Waals surface area contributed by atoms with E-state index in [1.54, 1.807) is 14.0 Å². The zero-order chi connectivity index (χ0) is 27.4. The highest BCUT2D eigenvalue weighted by Gasteiger charge is 2.49. The summed E-state index contributed by atoms with van der Waals surface area (Å²) >= 11 is 0. The summed E-state index contributed by atoms with van der Waals surface area (Å²) in [6.07, 6.45) is 2.43. The minimum Gasteiger partial charge on any atom is -0.322 e. The molecule has 1 aliphatic heterocycles. The molecule has 0 aromatic heterocycles. The molecule has 2 rings (SSSR count). The number of likely N-dealkylation sites (N-methyl/N-ethyl adjacent to an activating group) is 1. The predicted octanol–water partition coefficient (Wildman–Crippen LogP) is 2.89. The second-order valence-electron chi connectivity index (χ2n) is 9.39. The van der Waals surface area contributed by atoms with E-state index in [-0.39, 0.29) is 38.3 Å². The highest BCUT2D eigenvalue weighted by molar-refractivity contribution is 6.04. The summed E-state index contributed by atoms with van der Waals surface area (Å²) in [7, 11) is 1.57. The van der Waals surface area contributed by atoms with Crippen molar-refractivity contribution >= 4 is 24.1 Å². The fraction of sp³-hybridized carbons (Fsp3) is 0.615. The number of amides is 3. The summed E-state index contributed by atoms with van der Waals surface area (Å²) in [6.45, 7) is 3.99. The molecule has 0 aliphatic carbocycles. The number of imide groups is 1. The zero-order valence-corrected chi connectivity index (χ0v) is 22.0. The van der Waals surface area contributed by atoms with Crippen LogP contribution in [-0.2, 0) is 16.0 Å². The van der Waals surface area contributed by atoms with E-state index in [0.29, 0.717) is 6.54 Å². The van der Waals surface area contributed by atoms with Crippen molar-refractivity contribution in [2.75, 3.05) is 20.1 Å². The van der Waals surface area contributed by atoms with Crippen molar-refractivity contribution < 1.29 is 23.2 Å². The van der Waals surface area contributed by atoms with Gasteiger partial charge in [0.1, 0.15) is 6.04 Å². The van der Waals surface area contributed by atoms with Crippen LogP contribution in [0.5, 0.6) is 0 Å². The number of aliphatic imine (C=N–C) groups is 1. The van der Waals surface area contributed by atoms with Gasteiger partial charge in [-0.2, -0.15) is 8.78 Å². The second-order valence-corrected chi connectivity index (χ2v) is 9.39. The van der Waals surface area contributed by atoms with E-state index < -0.39 is 42.1 Å². The van der Waals surface area contributed by atoms with Crippen molar-refractivity contribution in [1.82, 2.24) is 20.5 Å². The highest BCUT2D eigenvalue weighted by atomic mass is 19.3. The van der Waals surface area contributed by atoms with E-state index >= 15 is 0 Å². The van der Waals surface area contributed by atoms with Crippen LogP contribution >= 0.6 is 0 Å². The number of rotatable bonds is 14. The van der Waals surface area contributed by atoms with E-state index in [0.717, 1.165) is 23.3 Å². The SMILES string of the molecule is CCCC(F)(F)C(=O)C(CCCN=CNN)N(C(=O)[C@@H](Cc1ccccc1)NC)C(=O)N1CCC[C@H]1C. The molecule has 1 aliphatic rings. The van der Waals surface area contributed by atoms with Gasteiger partial charge in [-0.15, -0.1) is 0 Å². The van der Waals surface area contributed by atoms with Gasteiger partial charge in [0.25, 0.3) is 0 Å². The maximum absolute atomic E-state index is 15.0. The first-order valence-corrected chi connectivity index (χ1v) is 12.9. The molecular weight excluding hydrogens is 482 g/mol. The van der Waals surface area contributed by atoms with Crippen molar-refractivity contribution in [3.8, 4) is 0 Å². The number of nitrogens with one attached hydrogen (secondary N) is 2. The number of nitrogens with two attached hydrogens (primary N) is 1. The Morgan fingerprint density at radius 1 is 1.30 bits per heavy atom. The van der Waals surface area contributed by atoms with Crippen LogP contribution in [0.4, 0.5) is 13.6 Å². The third-order valence-electron chi connectivity index (χ3n) is 6.64. The molecular formula is C26H40F2N6O3. The van der Waals surface area contributed by atoms with Crippen LogP contribution < -0.4 is 16.6 Å². The van der Waals surface area contributed by atoms with E-state index in [4.69, 9.17) is 5.84 Å². The highest BCUT2D eigenvalue weighted by Crippen LogP contribution is 2.29. The van der Waals surface area contributed by atoms with Gasteiger partial charge in [-0.25, -0.2) is 10.6 Å². The molecule has 3 amide bonds. The van der Waals surface area contributed by atoms with Gasteiger partial charge in [-0.05, 0) is 58.1 Å². The summed E-state index contributed by atoms with van der Waals surface area (Å²) < 4.78 is 30.0. The van der Waals surface area contributed by atoms with Gasteiger partial charge in [0.2, 0.25) is 11.7 Å². The van der Waals surface area contributed by atoms with Gasteiger partial charge in [-0.3, -0.25) is 19.5 Å². The Morgan fingerprint density at radius 2 is 2.00 bits per heavy atom. The Bertz CT molecular complexity index is 915. The van der Waals surface area contributed by atoms with Crippen LogP contribution in [-0.4, -0.2) is 78.0 Å². The zero-order valence-electron chi connectivity index (χ0n) is 22.0. The number of carbonyl (C=O) groups excluding carboxylic acids is 3. The Kier molecular flexibility index (Phi) is 12.1. The molecule has 11 heteroatoms. The Balaban J connectivity index is 2.48. The molecule has 4 N–H and O–H groups in total. The number of urea groups is 1. The van der Waals surface area contributed by atoms with Crippen molar-refractivity contribution in [3.05, 3.63) is 35.9 Å². The molecule has 0 saturated carbocycles. The molecule has 3 atom stereocenters. The molecule has 0 bridgehead atoms. The topological polar surface area (TPSA) is 120 Å². The Hall–Kier alpha value is -2.92. The van der Waals surface area contributed by atoms with E-state index in [2.05, 4.69) is 15.7 Å². The Morgan fingerprint density at radius 3 is 2.57 bits per heavy atom. The molecule has 0 spiro atoms. The van der Waals surface area contributed by atoms with E-state index in [1.165, 1.54) is 11.2 Å². The van der Waals surface area contributed by atoms with Crippen LogP contribution in [0, 0.1) is 0 Å². The number of Topliss-reactive ketones (excluding diaryl/α,β-unsaturated/α-hetero) is 1. The quantitative estimate of drug-likeness (QED) is 0.114. The van der Waals surface area contributed by atoms with Gasteiger partial charge in [-0.1, -0.05) is 37.3 Å². The lowest BCUT2D eigenvalue weighted by atomic mass is 9.95. The van der Waals surface area contributed by atoms with Crippen LogP contribution in [0.1, 0.15) is 57.9 Å². The first-order chi connectivity index (χ1) is 17.7. The molecule has 206 valence electrons. The smallest absolute Gasteiger partial charge is 0.322 e. The number of hydrogen-bond acceptors (Lipinski definition) is 6. The van der Waals surface area contributed by atoms with Crippen LogP contribution in [0.3, 0.4) is 0 Å². The summed E-state index contributed by atoms with van der Waals surface area (Å²) in [5, 5.41) is 2.92. The number of benzene rings is 1. The molecule has 1 aromatic carbocycles.